The molecule has 7 heteroatoms. The van der Waals surface area contributed by atoms with E-state index in [0.29, 0.717) is 24.4 Å². The van der Waals surface area contributed by atoms with Crippen LogP contribution in [-0.4, -0.2) is 47.2 Å². The lowest BCUT2D eigenvalue weighted by Crippen LogP contribution is -2.45. The highest BCUT2D eigenvalue weighted by Gasteiger charge is 2.35. The van der Waals surface area contributed by atoms with Crippen LogP contribution in [-0.2, 0) is 10.0 Å². The van der Waals surface area contributed by atoms with Crippen molar-refractivity contribution in [1.82, 2.24) is 14.5 Å². The Bertz CT molecular complexity index is 518. The molecule has 0 amide bonds. The third kappa shape index (κ3) is 2.17. The number of aliphatic hydroxyl groups excluding tert-OH is 1. The summed E-state index contributed by atoms with van der Waals surface area (Å²) in [6, 6.07) is 0. The van der Waals surface area contributed by atoms with Crippen molar-refractivity contribution in [3.63, 3.8) is 0 Å². The van der Waals surface area contributed by atoms with Crippen molar-refractivity contribution in [2.24, 2.45) is 5.92 Å². The smallest absolute Gasteiger partial charge is 0.246 e. The van der Waals surface area contributed by atoms with Crippen molar-refractivity contribution >= 4 is 10.0 Å². The zero-order valence-corrected chi connectivity index (χ0v) is 11.7. The molecule has 2 rings (SSSR count). The fourth-order valence-electron chi connectivity index (χ4n) is 2.29. The minimum Gasteiger partial charge on any atom is -0.391 e. The summed E-state index contributed by atoms with van der Waals surface area (Å²) in [6.07, 6.45) is 0.0807. The first-order valence-corrected chi connectivity index (χ1v) is 7.48. The Balaban J connectivity index is 2.33. The van der Waals surface area contributed by atoms with Crippen LogP contribution >= 0.6 is 0 Å². The highest BCUT2D eigenvalue weighted by Crippen LogP contribution is 2.26. The van der Waals surface area contributed by atoms with Crippen molar-refractivity contribution in [3.05, 3.63) is 11.4 Å². The van der Waals surface area contributed by atoms with Crippen molar-refractivity contribution < 1.29 is 13.5 Å². The first-order chi connectivity index (χ1) is 8.34. The first-order valence-electron chi connectivity index (χ1n) is 6.04. The Labute approximate surface area is 107 Å². The highest BCUT2D eigenvalue weighted by atomic mass is 32.2. The molecule has 1 aliphatic rings. The SMILES string of the molecule is Cc1n[nH]c(C)c1S(=O)(=O)N1CCC(C)C(O)C1. The number of aryl methyl sites for hydroxylation is 2. The van der Waals surface area contributed by atoms with Gasteiger partial charge >= 0.3 is 0 Å². The van der Waals surface area contributed by atoms with E-state index in [4.69, 9.17) is 0 Å². The van der Waals surface area contributed by atoms with Gasteiger partial charge in [0.2, 0.25) is 10.0 Å². The van der Waals surface area contributed by atoms with E-state index >= 15 is 0 Å². The predicted octanol–water partition coefficient (Wildman–Crippen LogP) is 0.418. The van der Waals surface area contributed by atoms with Gasteiger partial charge in [0, 0.05) is 13.1 Å². The fourth-order valence-corrected chi connectivity index (χ4v) is 4.09. The van der Waals surface area contributed by atoms with Gasteiger partial charge in [-0.3, -0.25) is 5.10 Å². The zero-order valence-electron chi connectivity index (χ0n) is 10.8. The van der Waals surface area contributed by atoms with Gasteiger partial charge in [0.25, 0.3) is 0 Å². The number of nitrogens with one attached hydrogen (secondary N) is 1. The molecule has 2 unspecified atom stereocenters. The van der Waals surface area contributed by atoms with E-state index in [1.165, 1.54) is 4.31 Å². The molecule has 18 heavy (non-hydrogen) atoms. The highest BCUT2D eigenvalue weighted by molar-refractivity contribution is 7.89. The molecule has 2 heterocycles. The molecule has 0 saturated carbocycles. The number of piperidine rings is 1. The molecular weight excluding hydrogens is 254 g/mol. The molecular formula is C11H19N3O3S. The van der Waals surface area contributed by atoms with Crippen LogP contribution in [0.25, 0.3) is 0 Å². The number of nitrogens with zero attached hydrogens (tertiary/aromatic N) is 2. The summed E-state index contributed by atoms with van der Waals surface area (Å²) < 4.78 is 26.3. The number of aromatic amines is 1. The van der Waals surface area contributed by atoms with Gasteiger partial charge in [-0.1, -0.05) is 6.92 Å². The summed E-state index contributed by atoms with van der Waals surface area (Å²) in [4.78, 5) is 0.240. The minimum absolute atomic E-state index is 0.142. The van der Waals surface area contributed by atoms with Crippen LogP contribution in [0, 0.1) is 19.8 Å². The van der Waals surface area contributed by atoms with E-state index < -0.39 is 16.1 Å². The largest absolute Gasteiger partial charge is 0.391 e. The topological polar surface area (TPSA) is 86.3 Å². The fraction of sp³-hybridized carbons (Fsp3) is 0.727. The summed E-state index contributed by atoms with van der Waals surface area (Å²) in [5.74, 6) is 0.142. The number of hydrogen-bond donors (Lipinski definition) is 2. The molecule has 102 valence electrons. The van der Waals surface area contributed by atoms with Gasteiger partial charge in [-0.05, 0) is 26.2 Å². The molecule has 1 aliphatic heterocycles. The number of rotatable bonds is 2. The number of hydrogen-bond acceptors (Lipinski definition) is 4. The van der Waals surface area contributed by atoms with Crippen LogP contribution in [0.3, 0.4) is 0 Å². The molecule has 1 fully saturated rings. The maximum Gasteiger partial charge on any atom is 0.246 e. The summed E-state index contributed by atoms with van der Waals surface area (Å²) >= 11 is 0. The molecule has 0 spiro atoms. The molecule has 1 aromatic heterocycles. The van der Waals surface area contributed by atoms with Crippen LogP contribution in [0.4, 0.5) is 0 Å². The lowest BCUT2D eigenvalue weighted by atomic mass is 9.98. The second kappa shape index (κ2) is 4.64. The molecule has 0 radical (unpaired) electrons. The number of sulfonamides is 1. The summed E-state index contributed by atoms with van der Waals surface area (Å²) in [6.45, 7) is 5.90. The second-order valence-corrected chi connectivity index (χ2v) is 6.83. The molecule has 0 aromatic carbocycles. The van der Waals surface area contributed by atoms with E-state index in [1.54, 1.807) is 13.8 Å². The third-order valence-electron chi connectivity index (χ3n) is 3.54. The normalized spacial score (nSPS) is 26.4. The monoisotopic (exact) mass is 273 g/mol. The molecule has 1 aromatic rings. The number of aliphatic hydroxyl groups is 1. The van der Waals surface area contributed by atoms with Crippen LogP contribution in [0.1, 0.15) is 24.7 Å². The van der Waals surface area contributed by atoms with Gasteiger partial charge in [0.05, 0.1) is 17.5 Å². The summed E-state index contributed by atoms with van der Waals surface area (Å²) in [5, 5.41) is 16.4. The molecule has 0 bridgehead atoms. The Kier molecular flexibility index (Phi) is 3.48. The van der Waals surface area contributed by atoms with Gasteiger partial charge < -0.3 is 5.11 Å². The average molecular weight is 273 g/mol. The maximum atomic E-state index is 12.5. The van der Waals surface area contributed by atoms with Gasteiger partial charge in [0.15, 0.2) is 0 Å². The lowest BCUT2D eigenvalue weighted by Gasteiger charge is -2.33. The first kappa shape index (κ1) is 13.5. The quantitative estimate of drug-likeness (QED) is 0.817. The van der Waals surface area contributed by atoms with E-state index in [0.717, 1.165) is 0 Å². The average Bonchev–Trinajstić information content (AvgIpc) is 2.62. The number of H-pyrrole nitrogens is 1. The lowest BCUT2D eigenvalue weighted by molar-refractivity contribution is 0.0605. The van der Waals surface area contributed by atoms with E-state index in [2.05, 4.69) is 10.2 Å². The molecule has 0 aliphatic carbocycles. The number of β-amino-alcohol motifs (C(OH)–C–C–N with tert-alkyl or cyclic N) is 1. The van der Waals surface area contributed by atoms with E-state index in [1.807, 2.05) is 6.92 Å². The van der Waals surface area contributed by atoms with Crippen molar-refractivity contribution in [2.45, 2.75) is 38.2 Å². The summed E-state index contributed by atoms with van der Waals surface area (Å²) in [7, 11) is -3.56. The Morgan fingerprint density at radius 3 is 2.61 bits per heavy atom. The van der Waals surface area contributed by atoms with Crippen LogP contribution in [0.5, 0.6) is 0 Å². The number of aromatic nitrogens is 2. The molecule has 2 N–H and O–H groups in total. The van der Waals surface area contributed by atoms with Crippen molar-refractivity contribution in [1.29, 1.82) is 0 Å². The molecule has 2 atom stereocenters. The predicted molar refractivity (Wildman–Crippen MR) is 66.6 cm³/mol. The van der Waals surface area contributed by atoms with Crippen molar-refractivity contribution in [3.8, 4) is 0 Å². The Morgan fingerprint density at radius 2 is 2.11 bits per heavy atom. The van der Waals surface area contributed by atoms with Gasteiger partial charge in [-0.15, -0.1) is 0 Å². The maximum absolute atomic E-state index is 12.5. The molecule has 6 nitrogen and oxygen atoms in total. The van der Waals surface area contributed by atoms with E-state index in [9.17, 15) is 13.5 Å². The standard InChI is InChI=1S/C11H19N3O3S/c1-7-4-5-14(6-10(7)15)18(16,17)11-8(2)12-13-9(11)3/h7,10,15H,4-6H2,1-3H3,(H,12,13). The third-order valence-corrected chi connectivity index (χ3v) is 5.67. The second-order valence-electron chi connectivity index (χ2n) is 4.96. The molecule has 1 saturated heterocycles. The van der Waals surface area contributed by atoms with Crippen LogP contribution in [0.15, 0.2) is 4.90 Å². The van der Waals surface area contributed by atoms with Gasteiger partial charge in [-0.25, -0.2) is 8.42 Å². The zero-order chi connectivity index (χ0) is 13.5. The van der Waals surface area contributed by atoms with Gasteiger partial charge in [-0.2, -0.15) is 9.40 Å². The minimum atomic E-state index is -3.56. The van der Waals surface area contributed by atoms with Gasteiger partial charge in [0.1, 0.15) is 4.90 Å². The van der Waals surface area contributed by atoms with Crippen molar-refractivity contribution in [2.75, 3.05) is 13.1 Å². The van der Waals surface area contributed by atoms with Crippen LogP contribution in [0.2, 0.25) is 0 Å². The Hall–Kier alpha value is -0.920. The Morgan fingerprint density at radius 1 is 1.44 bits per heavy atom. The summed E-state index contributed by atoms with van der Waals surface area (Å²) in [5.41, 5.74) is 1.02. The van der Waals surface area contributed by atoms with E-state index in [-0.39, 0.29) is 17.4 Å². The van der Waals surface area contributed by atoms with Crippen LogP contribution < -0.4 is 0 Å².